The van der Waals surface area contributed by atoms with Crippen LogP contribution in [0.3, 0.4) is 0 Å². The van der Waals surface area contributed by atoms with Gasteiger partial charge in [0.15, 0.2) is 0 Å². The Bertz CT molecular complexity index is 440. The molecule has 0 aliphatic rings. The molecule has 1 atom stereocenters. The Morgan fingerprint density at radius 1 is 0.926 bits per heavy atom. The number of carbonyl (C=O) groups is 1. The van der Waals surface area contributed by atoms with Crippen LogP contribution in [0.25, 0.3) is 0 Å². The van der Waals surface area contributed by atoms with Crippen LogP contribution in [-0.2, 0) is 28.2 Å². The van der Waals surface area contributed by atoms with Crippen molar-refractivity contribution in [1.82, 2.24) is 0 Å². The monoisotopic (exact) mass is 430 g/mol. The molecule has 0 saturated carbocycles. The van der Waals surface area contributed by atoms with E-state index in [9.17, 15) is 13.2 Å². The summed E-state index contributed by atoms with van der Waals surface area (Å²) in [6, 6.07) is 0.919. The first-order valence-corrected chi connectivity index (χ1v) is 13.2. The SMILES string of the molecule is CCCCCC(CC(=O)O)S(=O)(=O)O.CCC[Si](OCC)(OCC)OCC. The summed E-state index contributed by atoms with van der Waals surface area (Å²) >= 11 is 0. The second kappa shape index (κ2) is 16.4. The van der Waals surface area contributed by atoms with Crippen molar-refractivity contribution in [2.45, 2.75) is 84.4 Å². The number of carboxylic acids is 1. The van der Waals surface area contributed by atoms with E-state index in [1.807, 2.05) is 27.7 Å². The van der Waals surface area contributed by atoms with Gasteiger partial charge in [0.1, 0.15) is 0 Å². The summed E-state index contributed by atoms with van der Waals surface area (Å²) in [5, 5.41) is 7.27. The summed E-state index contributed by atoms with van der Waals surface area (Å²) in [6.07, 6.45) is 3.11. The third-order valence-corrected chi connectivity index (χ3v) is 8.14. The van der Waals surface area contributed by atoms with Crippen LogP contribution >= 0.6 is 0 Å². The molecule has 0 aliphatic carbocycles. The first kappa shape index (κ1) is 28.7. The number of hydrogen-bond acceptors (Lipinski definition) is 6. The van der Waals surface area contributed by atoms with Gasteiger partial charge in [-0.05, 0) is 27.2 Å². The van der Waals surface area contributed by atoms with E-state index in [1.165, 1.54) is 0 Å². The molecule has 0 aromatic rings. The van der Waals surface area contributed by atoms with Gasteiger partial charge < -0.3 is 18.4 Å². The smallest absolute Gasteiger partial charge is 0.481 e. The van der Waals surface area contributed by atoms with Crippen LogP contribution in [-0.4, -0.2) is 57.9 Å². The molecule has 0 aliphatic heterocycles. The second-order valence-corrected chi connectivity index (χ2v) is 10.4. The fraction of sp³-hybridized carbons (Fsp3) is 0.941. The molecular formula is C17H38O8SSi. The Kier molecular flexibility index (Phi) is 17.5. The van der Waals surface area contributed by atoms with E-state index in [2.05, 4.69) is 6.92 Å². The average molecular weight is 431 g/mol. The van der Waals surface area contributed by atoms with Crippen molar-refractivity contribution >= 4 is 24.9 Å². The van der Waals surface area contributed by atoms with Gasteiger partial charge in [0.2, 0.25) is 0 Å². The van der Waals surface area contributed by atoms with Gasteiger partial charge in [0.25, 0.3) is 10.1 Å². The lowest BCUT2D eigenvalue weighted by molar-refractivity contribution is -0.137. The van der Waals surface area contributed by atoms with Crippen LogP contribution in [0.15, 0.2) is 0 Å². The van der Waals surface area contributed by atoms with Crippen molar-refractivity contribution in [3.8, 4) is 0 Å². The van der Waals surface area contributed by atoms with E-state index >= 15 is 0 Å². The summed E-state index contributed by atoms with van der Waals surface area (Å²) < 4.78 is 47.2. The van der Waals surface area contributed by atoms with Gasteiger partial charge in [-0.3, -0.25) is 9.35 Å². The van der Waals surface area contributed by atoms with Crippen molar-refractivity contribution in [3.63, 3.8) is 0 Å². The largest absolute Gasteiger partial charge is 0.500 e. The van der Waals surface area contributed by atoms with Crippen molar-refractivity contribution < 1.29 is 36.1 Å². The van der Waals surface area contributed by atoms with Gasteiger partial charge in [-0.15, -0.1) is 0 Å². The topological polar surface area (TPSA) is 119 Å². The summed E-state index contributed by atoms with van der Waals surface area (Å²) in [5.74, 6) is -1.20. The molecule has 0 radical (unpaired) electrons. The number of hydrogen-bond donors (Lipinski definition) is 2. The van der Waals surface area contributed by atoms with Crippen LogP contribution in [0, 0.1) is 0 Å². The number of rotatable bonds is 15. The van der Waals surface area contributed by atoms with Crippen molar-refractivity contribution in [2.24, 2.45) is 0 Å². The van der Waals surface area contributed by atoms with E-state index in [4.69, 9.17) is 22.9 Å². The van der Waals surface area contributed by atoms with Crippen molar-refractivity contribution in [2.75, 3.05) is 19.8 Å². The maximum atomic E-state index is 10.8. The summed E-state index contributed by atoms with van der Waals surface area (Å²) in [6.45, 7) is 12.0. The molecule has 0 amide bonds. The zero-order valence-corrected chi connectivity index (χ0v) is 19.2. The Morgan fingerprint density at radius 2 is 1.41 bits per heavy atom. The minimum atomic E-state index is -4.22. The lowest BCUT2D eigenvalue weighted by atomic mass is 10.1. The number of carboxylic acid groups (broad SMARTS) is 1. The minimum absolute atomic E-state index is 0.207. The van der Waals surface area contributed by atoms with Gasteiger partial charge in [-0.25, -0.2) is 0 Å². The molecule has 8 nitrogen and oxygen atoms in total. The first-order chi connectivity index (χ1) is 12.6. The molecule has 2 N–H and O–H groups in total. The van der Waals surface area contributed by atoms with Gasteiger partial charge in [-0.2, -0.15) is 8.42 Å². The fourth-order valence-electron chi connectivity index (χ4n) is 2.48. The van der Waals surface area contributed by atoms with Gasteiger partial charge in [0, 0.05) is 25.9 Å². The summed E-state index contributed by atoms with van der Waals surface area (Å²) in [5.41, 5.74) is 0. The van der Waals surface area contributed by atoms with Gasteiger partial charge in [-0.1, -0.05) is 39.5 Å². The van der Waals surface area contributed by atoms with Crippen LogP contribution in [0.5, 0.6) is 0 Å². The predicted octanol–water partition coefficient (Wildman–Crippen LogP) is 3.74. The zero-order chi connectivity index (χ0) is 21.3. The molecule has 0 fully saturated rings. The Balaban J connectivity index is 0. The van der Waals surface area contributed by atoms with E-state index in [-0.39, 0.29) is 6.42 Å². The van der Waals surface area contributed by atoms with Crippen molar-refractivity contribution in [1.29, 1.82) is 0 Å². The molecule has 164 valence electrons. The lowest BCUT2D eigenvalue weighted by Gasteiger charge is -2.27. The Morgan fingerprint density at radius 3 is 1.70 bits per heavy atom. The van der Waals surface area contributed by atoms with E-state index in [1.54, 1.807) is 0 Å². The molecule has 0 rings (SSSR count). The standard InChI is InChI=1S/C9H22O3Si.C8H16O5S/c1-5-9-13(10-6-2,11-7-3)12-8-4;1-2-3-4-5-7(6-8(9)10)14(11,12)13/h5-9H2,1-4H3;7H,2-6H2,1H3,(H,9,10)(H,11,12,13). The molecule has 1 unspecified atom stereocenters. The maximum absolute atomic E-state index is 10.8. The molecule has 0 heterocycles. The van der Waals surface area contributed by atoms with Crippen LogP contribution < -0.4 is 0 Å². The third kappa shape index (κ3) is 15.1. The Hall–Kier alpha value is -0.523. The van der Waals surface area contributed by atoms with Crippen LogP contribution in [0.1, 0.15) is 73.1 Å². The molecular weight excluding hydrogens is 392 g/mol. The molecule has 0 aromatic heterocycles. The first-order valence-electron chi connectivity index (χ1n) is 9.72. The molecule has 0 spiro atoms. The Labute approximate surface area is 165 Å². The van der Waals surface area contributed by atoms with Gasteiger partial charge in [0.05, 0.1) is 11.7 Å². The summed E-state index contributed by atoms with van der Waals surface area (Å²) in [4.78, 5) is 10.3. The highest BCUT2D eigenvalue weighted by molar-refractivity contribution is 7.86. The van der Waals surface area contributed by atoms with Crippen LogP contribution in [0.4, 0.5) is 0 Å². The lowest BCUT2D eigenvalue weighted by Crippen LogP contribution is -2.45. The molecule has 0 saturated heterocycles. The van der Waals surface area contributed by atoms with E-state index < -0.39 is 36.6 Å². The predicted molar refractivity (Wildman–Crippen MR) is 107 cm³/mol. The normalized spacial score (nSPS) is 13.0. The highest BCUT2D eigenvalue weighted by Gasteiger charge is 2.38. The highest BCUT2D eigenvalue weighted by atomic mass is 32.2. The van der Waals surface area contributed by atoms with E-state index in [0.717, 1.165) is 25.3 Å². The number of unbranched alkanes of at least 4 members (excludes halogenated alkanes) is 2. The molecule has 27 heavy (non-hydrogen) atoms. The van der Waals surface area contributed by atoms with Crippen LogP contribution in [0.2, 0.25) is 6.04 Å². The second-order valence-electron chi connectivity index (χ2n) is 5.96. The molecule has 10 heteroatoms. The minimum Gasteiger partial charge on any atom is -0.481 e. The summed E-state index contributed by atoms with van der Waals surface area (Å²) in [7, 11) is -6.52. The quantitative estimate of drug-likeness (QED) is 0.229. The third-order valence-electron chi connectivity index (χ3n) is 3.60. The molecule has 0 bridgehead atoms. The molecule has 0 aromatic carbocycles. The average Bonchev–Trinajstić information content (AvgIpc) is 2.54. The highest BCUT2D eigenvalue weighted by Crippen LogP contribution is 2.17. The van der Waals surface area contributed by atoms with Crippen molar-refractivity contribution in [3.05, 3.63) is 0 Å². The van der Waals surface area contributed by atoms with Gasteiger partial charge >= 0.3 is 14.8 Å². The maximum Gasteiger partial charge on any atom is 0.500 e. The zero-order valence-electron chi connectivity index (χ0n) is 17.4. The fourth-order valence-corrected chi connectivity index (χ4v) is 5.91. The number of aliphatic carboxylic acids is 1. The van der Waals surface area contributed by atoms with E-state index in [0.29, 0.717) is 26.2 Å².